The van der Waals surface area contributed by atoms with E-state index in [1.807, 2.05) is 36.1 Å². The topological polar surface area (TPSA) is 148 Å². The number of oxazole rings is 1. The Labute approximate surface area is 275 Å². The number of hydrogen-bond acceptors (Lipinski definition) is 11. The van der Waals surface area contributed by atoms with Crippen molar-refractivity contribution in [3.8, 4) is 5.75 Å². The van der Waals surface area contributed by atoms with Crippen molar-refractivity contribution in [2.45, 2.75) is 64.4 Å². The number of nitrogens with one attached hydrogen (secondary N) is 3. The number of aryl methyl sites for hydroxylation is 1. The molecule has 1 unspecified atom stereocenters. The first kappa shape index (κ1) is 32.7. The molecule has 3 aliphatic heterocycles. The Hall–Kier alpha value is -4.20. The predicted molar refractivity (Wildman–Crippen MR) is 178 cm³/mol. The fourth-order valence-electron chi connectivity index (χ4n) is 6.40. The van der Waals surface area contributed by atoms with Crippen LogP contribution in [-0.4, -0.2) is 108 Å². The van der Waals surface area contributed by atoms with Gasteiger partial charge in [-0.1, -0.05) is 6.07 Å². The maximum absolute atomic E-state index is 13.5. The van der Waals surface area contributed by atoms with Crippen LogP contribution >= 0.6 is 0 Å². The van der Waals surface area contributed by atoms with Crippen LogP contribution in [0.15, 0.2) is 41.1 Å². The number of rotatable bonds is 10. The number of carbonyl (C=O) groups excluding carboxylic acids is 2. The number of aromatic nitrogens is 2. The summed E-state index contributed by atoms with van der Waals surface area (Å²) in [6, 6.07) is 9.57. The van der Waals surface area contributed by atoms with E-state index in [1.54, 1.807) is 13.0 Å². The minimum Gasteiger partial charge on any atom is -0.486 e. The van der Waals surface area contributed by atoms with Gasteiger partial charge in [-0.05, 0) is 68.6 Å². The van der Waals surface area contributed by atoms with Gasteiger partial charge in [-0.3, -0.25) is 9.59 Å². The molecule has 2 amide bonds. The fourth-order valence-corrected chi connectivity index (χ4v) is 6.40. The number of aliphatic hydroxyl groups is 1. The Bertz CT molecular complexity index is 1550. The number of carbonyl (C=O) groups is 2. The van der Waals surface area contributed by atoms with E-state index in [9.17, 15) is 14.7 Å². The number of ether oxygens (including phenoxy) is 1. The van der Waals surface area contributed by atoms with E-state index in [1.165, 1.54) is 6.39 Å². The second kappa shape index (κ2) is 14.7. The molecule has 2 aromatic heterocycles. The van der Waals surface area contributed by atoms with Crippen molar-refractivity contribution in [1.82, 2.24) is 30.4 Å². The second-order valence-corrected chi connectivity index (χ2v) is 12.9. The molecule has 0 spiro atoms. The third kappa shape index (κ3) is 8.21. The SMILES string of the molecule is CC(=O)N1CCC(Nc2cc(C(=O)NCC(O)[C@@H]3Cc4ccc(OCc5ocnc5C)cc4CN3)cc(N3CCN(C)CC3)n2)CC1. The molecule has 2 atom stereocenters. The smallest absolute Gasteiger partial charge is 0.251 e. The van der Waals surface area contributed by atoms with Crippen LogP contribution in [0, 0.1) is 6.92 Å². The van der Waals surface area contributed by atoms with E-state index in [4.69, 9.17) is 14.1 Å². The molecule has 5 heterocycles. The number of amides is 2. The highest BCUT2D eigenvalue weighted by Crippen LogP contribution is 2.25. The number of hydrogen-bond donors (Lipinski definition) is 4. The number of anilines is 2. The van der Waals surface area contributed by atoms with Crippen molar-refractivity contribution in [3.05, 3.63) is 64.9 Å². The van der Waals surface area contributed by atoms with Gasteiger partial charge >= 0.3 is 0 Å². The lowest BCUT2D eigenvalue weighted by molar-refractivity contribution is -0.129. The number of aliphatic hydroxyl groups excluding tert-OH is 1. The molecule has 2 saturated heterocycles. The minimum absolute atomic E-state index is 0.0985. The molecule has 4 N–H and O–H groups in total. The lowest BCUT2D eigenvalue weighted by Crippen LogP contribution is -2.49. The van der Waals surface area contributed by atoms with E-state index < -0.39 is 6.10 Å². The molecule has 3 aliphatic rings. The lowest BCUT2D eigenvalue weighted by Gasteiger charge is -2.34. The van der Waals surface area contributed by atoms with Gasteiger partial charge in [0.15, 0.2) is 12.2 Å². The van der Waals surface area contributed by atoms with Crippen LogP contribution in [0.2, 0.25) is 0 Å². The average Bonchev–Trinajstić information content (AvgIpc) is 3.50. The molecule has 13 nitrogen and oxygen atoms in total. The van der Waals surface area contributed by atoms with Crippen LogP contribution in [0.4, 0.5) is 11.6 Å². The molecule has 2 fully saturated rings. The quantitative estimate of drug-likeness (QED) is 0.256. The van der Waals surface area contributed by atoms with Crippen LogP contribution in [-0.2, 0) is 24.4 Å². The van der Waals surface area contributed by atoms with Crippen molar-refractivity contribution < 1.29 is 23.8 Å². The number of nitrogens with zero attached hydrogens (tertiary/aromatic N) is 5. The summed E-state index contributed by atoms with van der Waals surface area (Å²) >= 11 is 0. The van der Waals surface area contributed by atoms with Crippen LogP contribution in [0.3, 0.4) is 0 Å². The van der Waals surface area contributed by atoms with Crippen molar-refractivity contribution in [2.24, 2.45) is 0 Å². The van der Waals surface area contributed by atoms with Crippen molar-refractivity contribution in [1.29, 1.82) is 0 Å². The van der Waals surface area contributed by atoms with E-state index >= 15 is 0 Å². The van der Waals surface area contributed by atoms with Gasteiger partial charge in [-0.15, -0.1) is 0 Å². The zero-order valence-electron chi connectivity index (χ0n) is 27.5. The van der Waals surface area contributed by atoms with Crippen LogP contribution < -0.4 is 25.6 Å². The van der Waals surface area contributed by atoms with Gasteiger partial charge in [0.05, 0.1) is 11.8 Å². The molecule has 47 heavy (non-hydrogen) atoms. The van der Waals surface area contributed by atoms with E-state index in [2.05, 4.69) is 37.8 Å². The van der Waals surface area contributed by atoms with Crippen LogP contribution in [0.1, 0.15) is 52.7 Å². The molecule has 0 aliphatic carbocycles. The zero-order chi connectivity index (χ0) is 32.9. The number of piperazine rings is 1. The summed E-state index contributed by atoms with van der Waals surface area (Å²) in [4.78, 5) is 40.6. The highest BCUT2D eigenvalue weighted by atomic mass is 16.5. The summed E-state index contributed by atoms with van der Waals surface area (Å²) in [6.07, 6.45) is 2.91. The molecular weight excluding hydrogens is 600 g/mol. The largest absolute Gasteiger partial charge is 0.486 e. The Morgan fingerprint density at radius 2 is 1.89 bits per heavy atom. The van der Waals surface area contributed by atoms with Crippen molar-refractivity contribution in [2.75, 3.05) is 63.1 Å². The maximum Gasteiger partial charge on any atom is 0.251 e. The summed E-state index contributed by atoms with van der Waals surface area (Å²) in [5, 5.41) is 21.0. The van der Waals surface area contributed by atoms with Gasteiger partial charge in [-0.25, -0.2) is 9.97 Å². The Morgan fingerprint density at radius 3 is 2.62 bits per heavy atom. The molecule has 0 bridgehead atoms. The van der Waals surface area contributed by atoms with Gasteiger partial charge in [0.2, 0.25) is 5.91 Å². The van der Waals surface area contributed by atoms with E-state index in [0.717, 1.165) is 67.4 Å². The maximum atomic E-state index is 13.5. The minimum atomic E-state index is -0.777. The predicted octanol–water partition coefficient (Wildman–Crippen LogP) is 1.94. The summed E-state index contributed by atoms with van der Waals surface area (Å²) in [7, 11) is 2.11. The molecule has 0 radical (unpaired) electrons. The number of piperidine rings is 1. The lowest BCUT2D eigenvalue weighted by atomic mass is 9.92. The van der Waals surface area contributed by atoms with Crippen molar-refractivity contribution >= 4 is 23.5 Å². The highest BCUT2D eigenvalue weighted by molar-refractivity contribution is 5.95. The summed E-state index contributed by atoms with van der Waals surface area (Å²) in [5.74, 6) is 2.71. The van der Waals surface area contributed by atoms with Gasteiger partial charge in [0.1, 0.15) is 24.0 Å². The molecule has 13 heteroatoms. The molecular formula is C34H46N8O5. The van der Waals surface area contributed by atoms with Gasteiger partial charge < -0.3 is 44.9 Å². The number of likely N-dealkylation sites (N-methyl/N-ethyl adjacent to an activating group) is 1. The van der Waals surface area contributed by atoms with Gasteiger partial charge in [-0.2, -0.15) is 0 Å². The number of likely N-dealkylation sites (tertiary alicyclic amines) is 1. The summed E-state index contributed by atoms with van der Waals surface area (Å²) < 4.78 is 11.3. The first-order valence-corrected chi connectivity index (χ1v) is 16.5. The first-order valence-electron chi connectivity index (χ1n) is 16.5. The number of benzene rings is 1. The monoisotopic (exact) mass is 646 g/mol. The Morgan fingerprint density at radius 1 is 1.11 bits per heavy atom. The zero-order valence-corrected chi connectivity index (χ0v) is 27.5. The Balaban J connectivity index is 1.06. The number of fused-ring (bicyclic) bond motifs is 1. The third-order valence-corrected chi connectivity index (χ3v) is 9.52. The molecule has 252 valence electrons. The molecule has 6 rings (SSSR count). The average molecular weight is 647 g/mol. The Kier molecular flexibility index (Phi) is 10.2. The van der Waals surface area contributed by atoms with Crippen LogP contribution in [0.25, 0.3) is 0 Å². The van der Waals surface area contributed by atoms with Crippen LogP contribution in [0.5, 0.6) is 5.75 Å². The van der Waals surface area contributed by atoms with Gasteiger partial charge in [0.25, 0.3) is 5.91 Å². The van der Waals surface area contributed by atoms with E-state index in [0.29, 0.717) is 49.8 Å². The summed E-state index contributed by atoms with van der Waals surface area (Å²) in [6.45, 7) is 9.40. The summed E-state index contributed by atoms with van der Waals surface area (Å²) in [5.41, 5.74) is 3.56. The number of pyridine rings is 1. The highest BCUT2D eigenvalue weighted by Gasteiger charge is 2.27. The second-order valence-electron chi connectivity index (χ2n) is 12.9. The van der Waals surface area contributed by atoms with Crippen molar-refractivity contribution in [3.63, 3.8) is 0 Å². The molecule has 0 saturated carbocycles. The standard InChI is InChI=1S/C34H46N8O5/c1-22-31(47-21-37-22)20-46-28-5-4-24-15-29(35-18-26(24)14-28)30(44)19-36-34(45)25-16-32(38-27-6-8-41(9-7-27)23(2)43)39-33(17-25)42-12-10-40(3)11-13-42/h4-5,14,16-17,21,27,29-30,35,44H,6-13,15,18-20H2,1-3H3,(H,36,45)(H,38,39)/t29-,30?/m0/s1. The fraction of sp³-hybridized carbons (Fsp3) is 0.529. The molecule has 3 aromatic rings. The molecule has 1 aromatic carbocycles. The normalized spacial score (nSPS) is 19.6. The first-order chi connectivity index (χ1) is 22.7. The van der Waals surface area contributed by atoms with Gasteiger partial charge in [0, 0.05) is 76.9 Å². The van der Waals surface area contributed by atoms with E-state index in [-0.39, 0.29) is 30.4 Å². The third-order valence-electron chi connectivity index (χ3n) is 9.52.